The third-order valence-electron chi connectivity index (χ3n) is 1.95. The van der Waals surface area contributed by atoms with Crippen molar-refractivity contribution in [2.75, 3.05) is 0 Å². The monoisotopic (exact) mass is 226 g/mol. The molecule has 0 bridgehead atoms. The number of nitro groups is 1. The molecule has 0 heterocycles. The summed E-state index contributed by atoms with van der Waals surface area (Å²) >= 11 is 3.58. The Morgan fingerprint density at radius 3 is 2.67 bits per heavy atom. The molecule has 2 N–H and O–H groups in total. The minimum absolute atomic E-state index is 0.0254. The molecule has 0 fully saturated rings. The van der Waals surface area contributed by atoms with Crippen LogP contribution >= 0.6 is 12.6 Å². The summed E-state index contributed by atoms with van der Waals surface area (Å²) in [4.78, 5) is 20.9. The minimum Gasteiger partial charge on any atom is -0.320 e. The molecule has 15 heavy (non-hydrogen) atoms. The highest BCUT2D eigenvalue weighted by atomic mass is 32.1. The van der Waals surface area contributed by atoms with Crippen LogP contribution in [0.4, 0.5) is 5.69 Å². The second-order valence-corrected chi connectivity index (χ2v) is 3.48. The molecule has 0 spiro atoms. The minimum atomic E-state index is -0.811. The Bertz CT molecular complexity index is 395. The first-order valence-corrected chi connectivity index (χ1v) is 4.67. The molecular formula is C9H10N2O3S. The van der Waals surface area contributed by atoms with Gasteiger partial charge in [-0.3, -0.25) is 14.9 Å². The average molecular weight is 226 g/mol. The van der Waals surface area contributed by atoms with Gasteiger partial charge in [0.2, 0.25) is 5.12 Å². The van der Waals surface area contributed by atoms with E-state index in [9.17, 15) is 14.9 Å². The van der Waals surface area contributed by atoms with Gasteiger partial charge >= 0.3 is 0 Å². The number of hydrogen-bond acceptors (Lipinski definition) is 4. The summed E-state index contributed by atoms with van der Waals surface area (Å²) in [6.07, 6.45) is 0.124. The Hall–Kier alpha value is -1.40. The molecule has 0 aromatic heterocycles. The van der Waals surface area contributed by atoms with Crippen molar-refractivity contribution in [2.24, 2.45) is 5.73 Å². The maximum absolute atomic E-state index is 10.8. The van der Waals surface area contributed by atoms with Crippen LogP contribution in [0.25, 0.3) is 0 Å². The number of nitrogens with zero attached hydrogens (tertiary/aromatic N) is 1. The van der Waals surface area contributed by atoms with Gasteiger partial charge < -0.3 is 5.73 Å². The average Bonchev–Trinajstić information content (AvgIpc) is 2.18. The lowest BCUT2D eigenvalue weighted by molar-refractivity contribution is -0.385. The molecule has 0 saturated carbocycles. The van der Waals surface area contributed by atoms with E-state index in [1.807, 2.05) is 0 Å². The molecule has 6 heteroatoms. The van der Waals surface area contributed by atoms with E-state index in [2.05, 4.69) is 12.6 Å². The van der Waals surface area contributed by atoms with Crippen LogP contribution < -0.4 is 5.73 Å². The van der Waals surface area contributed by atoms with Crippen molar-refractivity contribution in [2.45, 2.75) is 12.5 Å². The van der Waals surface area contributed by atoms with Crippen LogP contribution in [0.3, 0.4) is 0 Å². The summed E-state index contributed by atoms with van der Waals surface area (Å²) in [5, 5.41) is 10.2. The zero-order chi connectivity index (χ0) is 11.4. The number of carbonyl (C=O) groups is 1. The molecule has 0 radical (unpaired) electrons. The highest BCUT2D eigenvalue weighted by molar-refractivity contribution is 7.96. The fraction of sp³-hybridized carbons (Fsp3) is 0.222. The van der Waals surface area contributed by atoms with E-state index in [1.54, 1.807) is 18.2 Å². The fourth-order valence-electron chi connectivity index (χ4n) is 1.19. The molecule has 1 aromatic carbocycles. The Kier molecular flexibility index (Phi) is 3.81. The van der Waals surface area contributed by atoms with Crippen molar-refractivity contribution < 1.29 is 9.72 Å². The van der Waals surface area contributed by atoms with Crippen molar-refractivity contribution >= 4 is 23.4 Å². The first-order chi connectivity index (χ1) is 7.02. The molecule has 5 nitrogen and oxygen atoms in total. The Labute approximate surface area is 91.8 Å². The molecule has 80 valence electrons. The van der Waals surface area contributed by atoms with Gasteiger partial charge in [-0.05, 0) is 0 Å². The lowest BCUT2D eigenvalue weighted by atomic mass is 10.1. The van der Waals surface area contributed by atoms with Crippen LogP contribution in [-0.4, -0.2) is 16.1 Å². The predicted octanol–water partition coefficient (Wildman–Crippen LogP) is 0.921. The van der Waals surface area contributed by atoms with Crippen LogP contribution in [0.1, 0.15) is 5.56 Å². The van der Waals surface area contributed by atoms with Crippen molar-refractivity contribution in [1.29, 1.82) is 0 Å². The molecule has 0 aliphatic carbocycles. The van der Waals surface area contributed by atoms with Crippen molar-refractivity contribution in [3.05, 3.63) is 39.9 Å². The molecule has 1 rings (SSSR count). The predicted molar refractivity (Wildman–Crippen MR) is 58.8 cm³/mol. The number of carbonyl (C=O) groups excluding carboxylic acids is 1. The Morgan fingerprint density at radius 2 is 2.13 bits per heavy atom. The van der Waals surface area contributed by atoms with Crippen LogP contribution in [0.5, 0.6) is 0 Å². The third-order valence-corrected chi connectivity index (χ3v) is 2.28. The Balaban J connectivity index is 2.94. The van der Waals surface area contributed by atoms with Crippen molar-refractivity contribution in [1.82, 2.24) is 0 Å². The highest BCUT2D eigenvalue weighted by Gasteiger charge is 2.17. The zero-order valence-corrected chi connectivity index (χ0v) is 8.68. The molecule has 0 aliphatic rings. The van der Waals surface area contributed by atoms with Gasteiger partial charge in [0.25, 0.3) is 5.69 Å². The van der Waals surface area contributed by atoms with E-state index in [4.69, 9.17) is 5.73 Å². The maximum Gasteiger partial charge on any atom is 0.272 e. The molecule has 0 aliphatic heterocycles. The number of nitrogens with two attached hydrogens (primary N) is 1. The lowest BCUT2D eigenvalue weighted by Crippen LogP contribution is -2.29. The Morgan fingerprint density at radius 1 is 1.53 bits per heavy atom. The molecular weight excluding hydrogens is 216 g/mol. The van der Waals surface area contributed by atoms with E-state index in [1.165, 1.54) is 6.07 Å². The number of rotatable bonds is 4. The SMILES string of the molecule is N[C@@H](Cc1ccccc1[N+](=O)[O-])C(=O)S. The van der Waals surface area contributed by atoms with Gasteiger partial charge in [-0.1, -0.05) is 18.2 Å². The normalized spacial score (nSPS) is 12.1. The van der Waals surface area contributed by atoms with Gasteiger partial charge in [0, 0.05) is 18.1 Å². The van der Waals surface area contributed by atoms with Crippen LogP contribution in [0, 0.1) is 10.1 Å². The van der Waals surface area contributed by atoms with Crippen molar-refractivity contribution in [3.8, 4) is 0 Å². The van der Waals surface area contributed by atoms with E-state index < -0.39 is 16.1 Å². The van der Waals surface area contributed by atoms with Gasteiger partial charge in [0.05, 0.1) is 11.0 Å². The van der Waals surface area contributed by atoms with Gasteiger partial charge in [0.1, 0.15) is 0 Å². The number of hydrogen-bond donors (Lipinski definition) is 2. The smallest absolute Gasteiger partial charge is 0.272 e. The standard InChI is InChI=1S/C9H10N2O3S/c10-7(9(12)15)5-6-3-1-2-4-8(6)11(13)14/h1-4,7H,5,10H2,(H,12,15)/t7-/m0/s1. The summed E-state index contributed by atoms with van der Waals surface area (Å²) in [6.45, 7) is 0. The van der Waals surface area contributed by atoms with Crippen molar-refractivity contribution in [3.63, 3.8) is 0 Å². The second kappa shape index (κ2) is 4.90. The number of benzene rings is 1. The third kappa shape index (κ3) is 3.03. The lowest BCUT2D eigenvalue weighted by Gasteiger charge is -2.06. The van der Waals surface area contributed by atoms with E-state index in [-0.39, 0.29) is 12.1 Å². The van der Waals surface area contributed by atoms with Crippen LogP contribution in [0.15, 0.2) is 24.3 Å². The maximum atomic E-state index is 10.8. The molecule has 0 amide bonds. The molecule has 1 atom stereocenters. The first-order valence-electron chi connectivity index (χ1n) is 4.23. The van der Waals surface area contributed by atoms with Crippen LogP contribution in [0.2, 0.25) is 0 Å². The highest BCUT2D eigenvalue weighted by Crippen LogP contribution is 2.19. The number of para-hydroxylation sites is 1. The van der Waals surface area contributed by atoms with Gasteiger partial charge in [-0.25, -0.2) is 0 Å². The van der Waals surface area contributed by atoms with Gasteiger partial charge in [-0.2, -0.15) is 0 Å². The summed E-state index contributed by atoms with van der Waals surface area (Å²) in [5.41, 5.74) is 5.89. The van der Waals surface area contributed by atoms with Gasteiger partial charge in [-0.15, -0.1) is 12.6 Å². The number of thiol groups is 1. The topological polar surface area (TPSA) is 86.2 Å². The number of nitro benzene ring substituents is 1. The molecule has 0 unspecified atom stereocenters. The van der Waals surface area contributed by atoms with E-state index in [0.29, 0.717) is 5.56 Å². The van der Waals surface area contributed by atoms with Gasteiger partial charge in [0.15, 0.2) is 0 Å². The van der Waals surface area contributed by atoms with E-state index in [0.717, 1.165) is 0 Å². The summed E-state index contributed by atoms with van der Waals surface area (Å²) in [7, 11) is 0. The summed E-state index contributed by atoms with van der Waals surface area (Å²) in [6, 6.07) is 5.38. The second-order valence-electron chi connectivity index (χ2n) is 3.03. The fourth-order valence-corrected chi connectivity index (χ4v) is 1.28. The molecule has 0 saturated heterocycles. The zero-order valence-electron chi connectivity index (χ0n) is 7.79. The van der Waals surface area contributed by atoms with E-state index >= 15 is 0 Å². The summed E-state index contributed by atoms with van der Waals surface area (Å²) < 4.78 is 0. The first kappa shape index (κ1) is 11.7. The summed E-state index contributed by atoms with van der Waals surface area (Å²) in [5.74, 6) is 0. The quantitative estimate of drug-likeness (QED) is 0.454. The molecule has 1 aromatic rings. The van der Waals surface area contributed by atoms with Crippen LogP contribution in [-0.2, 0) is 11.2 Å². The largest absolute Gasteiger partial charge is 0.320 e.